The number of benzene rings is 1. The first-order valence-corrected chi connectivity index (χ1v) is 14.1. The normalized spacial score (nSPS) is 21.7. The molecule has 0 radical (unpaired) electrons. The maximum atomic E-state index is 15.0. The minimum Gasteiger partial charge on any atom is -0.356 e. The molecule has 0 bridgehead atoms. The number of aryl methyl sites for hydroxylation is 1. The first kappa shape index (κ1) is 22.4. The minimum atomic E-state index is -0.269. The lowest BCUT2D eigenvalue weighted by Gasteiger charge is -2.55. The van der Waals surface area contributed by atoms with Crippen molar-refractivity contribution < 1.29 is 4.39 Å². The van der Waals surface area contributed by atoms with Crippen LogP contribution in [-0.2, 0) is 6.54 Å². The van der Waals surface area contributed by atoms with Gasteiger partial charge in [-0.15, -0.1) is 11.3 Å². The zero-order chi connectivity index (χ0) is 23.4. The van der Waals surface area contributed by atoms with E-state index in [2.05, 4.69) is 42.2 Å². The van der Waals surface area contributed by atoms with Crippen molar-refractivity contribution in [1.82, 2.24) is 20.1 Å². The Morgan fingerprint density at radius 1 is 1.18 bits per heavy atom. The monoisotopic (exact) mass is 497 g/mol. The molecule has 6 rings (SSSR count). The largest absolute Gasteiger partial charge is 0.356 e. The first-order chi connectivity index (χ1) is 16.4. The fourth-order valence-corrected chi connectivity index (χ4v) is 7.64. The van der Waals surface area contributed by atoms with Crippen LogP contribution >= 0.6 is 22.7 Å². The Hall–Kier alpha value is -2.03. The predicted octanol–water partition coefficient (Wildman–Crippen LogP) is 6.53. The van der Waals surface area contributed by atoms with Crippen LogP contribution in [0.3, 0.4) is 0 Å². The summed E-state index contributed by atoms with van der Waals surface area (Å²) in [5, 5.41) is 11.2. The van der Waals surface area contributed by atoms with Gasteiger partial charge in [0, 0.05) is 36.8 Å². The van der Waals surface area contributed by atoms with Crippen molar-refractivity contribution >= 4 is 48.1 Å². The molecular weight excluding hydrogens is 465 g/mol. The van der Waals surface area contributed by atoms with Gasteiger partial charge in [0.15, 0.2) is 5.82 Å². The van der Waals surface area contributed by atoms with Gasteiger partial charge in [-0.2, -0.15) is 5.10 Å². The summed E-state index contributed by atoms with van der Waals surface area (Å²) in [6.45, 7) is 10.9. The van der Waals surface area contributed by atoms with Crippen LogP contribution in [-0.4, -0.2) is 39.9 Å². The number of hydrogen-bond donors (Lipinski definition) is 1. The number of fused-ring (bicyclic) bond motifs is 2. The fourth-order valence-electron chi connectivity index (χ4n) is 5.31. The van der Waals surface area contributed by atoms with Crippen LogP contribution in [0.15, 0.2) is 24.4 Å². The lowest BCUT2D eigenvalue weighted by atomic mass is 9.78. The van der Waals surface area contributed by atoms with E-state index in [1.807, 2.05) is 16.9 Å². The highest BCUT2D eigenvalue weighted by molar-refractivity contribution is 7.30. The average Bonchev–Trinajstić information content (AvgIpc) is 3.50. The Morgan fingerprint density at radius 2 is 2.06 bits per heavy atom. The Bertz CT molecular complexity index is 1300. The fraction of sp³-hybridized carbons (Fsp3) is 0.538. The molecule has 0 aliphatic carbocycles. The maximum absolute atomic E-state index is 15.0. The molecule has 4 aromatic rings. The van der Waals surface area contributed by atoms with E-state index in [-0.39, 0.29) is 5.82 Å². The molecule has 5 heterocycles. The number of nitrogens with zero attached hydrogens (tertiary/aromatic N) is 4. The van der Waals surface area contributed by atoms with E-state index >= 15 is 0 Å². The van der Waals surface area contributed by atoms with E-state index in [1.54, 1.807) is 28.7 Å². The van der Waals surface area contributed by atoms with Crippen LogP contribution < -0.4 is 10.2 Å². The van der Waals surface area contributed by atoms with Gasteiger partial charge in [-0.25, -0.2) is 9.37 Å². The predicted molar refractivity (Wildman–Crippen MR) is 142 cm³/mol. The summed E-state index contributed by atoms with van der Waals surface area (Å²) in [4.78, 5) is 8.55. The van der Waals surface area contributed by atoms with E-state index in [0.717, 1.165) is 53.4 Å². The summed E-state index contributed by atoms with van der Waals surface area (Å²) in [6, 6.07) is 5.92. The second-order valence-corrected chi connectivity index (χ2v) is 12.5. The number of hydrogen-bond acceptors (Lipinski definition) is 6. The number of rotatable bonds is 6. The minimum absolute atomic E-state index is 0.269. The SMILES string of the molecule is CC(C)C(C)CCn1cc2cc(-c3nc4sc(N5CCC56CCCNC6)cc4s3)cc(F)c2n1. The quantitative estimate of drug-likeness (QED) is 0.329. The lowest BCUT2D eigenvalue weighted by Crippen LogP contribution is -2.66. The number of halogens is 1. The second kappa shape index (κ2) is 8.57. The molecule has 1 N–H and O–H groups in total. The third kappa shape index (κ3) is 3.84. The van der Waals surface area contributed by atoms with Crippen LogP contribution in [0.25, 0.3) is 31.0 Å². The maximum Gasteiger partial charge on any atom is 0.152 e. The van der Waals surface area contributed by atoms with Crippen molar-refractivity contribution in [3.63, 3.8) is 0 Å². The van der Waals surface area contributed by atoms with E-state index in [9.17, 15) is 4.39 Å². The Balaban J connectivity index is 1.25. The summed E-state index contributed by atoms with van der Waals surface area (Å²) in [5.41, 5.74) is 1.59. The van der Waals surface area contributed by atoms with Crippen LogP contribution in [0.5, 0.6) is 0 Å². The summed E-state index contributed by atoms with van der Waals surface area (Å²) >= 11 is 3.44. The molecule has 8 heteroatoms. The number of thiazole rings is 1. The summed E-state index contributed by atoms with van der Waals surface area (Å²) < 4.78 is 18.1. The Labute approximate surface area is 208 Å². The molecule has 3 aromatic heterocycles. The molecule has 0 saturated carbocycles. The molecular formula is C26H32FN5S2. The molecule has 0 amide bonds. The number of thiophene rings is 1. The van der Waals surface area contributed by atoms with Crippen molar-refractivity contribution in [3.05, 3.63) is 30.2 Å². The average molecular weight is 498 g/mol. The molecule has 2 unspecified atom stereocenters. The molecule has 1 aromatic carbocycles. The van der Waals surface area contributed by atoms with Gasteiger partial charge >= 0.3 is 0 Å². The zero-order valence-electron chi connectivity index (χ0n) is 20.1. The van der Waals surface area contributed by atoms with Gasteiger partial charge < -0.3 is 10.2 Å². The van der Waals surface area contributed by atoms with Crippen molar-refractivity contribution in [3.8, 4) is 10.6 Å². The summed E-state index contributed by atoms with van der Waals surface area (Å²) in [6.07, 6.45) is 6.81. The number of anilines is 1. The van der Waals surface area contributed by atoms with Crippen LogP contribution in [0, 0.1) is 17.7 Å². The Kier molecular flexibility index (Phi) is 5.66. The van der Waals surface area contributed by atoms with E-state index in [0.29, 0.717) is 22.9 Å². The highest BCUT2D eigenvalue weighted by atomic mass is 32.1. The number of aromatic nitrogens is 3. The van der Waals surface area contributed by atoms with Gasteiger partial charge in [-0.05, 0) is 62.3 Å². The van der Waals surface area contributed by atoms with E-state index in [1.165, 1.54) is 29.0 Å². The Morgan fingerprint density at radius 3 is 2.76 bits per heavy atom. The molecule has 2 fully saturated rings. The molecule has 1 spiro atoms. The van der Waals surface area contributed by atoms with Crippen molar-refractivity contribution in [1.29, 1.82) is 0 Å². The van der Waals surface area contributed by atoms with E-state index in [4.69, 9.17) is 4.98 Å². The third-order valence-electron chi connectivity index (χ3n) is 7.97. The third-order valence-corrected chi connectivity index (χ3v) is 10.2. The van der Waals surface area contributed by atoms with Gasteiger partial charge in [0.05, 0.1) is 15.2 Å². The van der Waals surface area contributed by atoms with Gasteiger partial charge in [0.1, 0.15) is 15.4 Å². The molecule has 2 saturated heterocycles. The molecule has 2 aliphatic rings. The van der Waals surface area contributed by atoms with Crippen LogP contribution in [0.4, 0.5) is 9.39 Å². The van der Waals surface area contributed by atoms with Gasteiger partial charge in [-0.1, -0.05) is 32.1 Å². The van der Waals surface area contributed by atoms with Crippen molar-refractivity contribution in [2.45, 2.75) is 58.5 Å². The number of nitrogens with one attached hydrogen (secondary N) is 1. The highest BCUT2D eigenvalue weighted by Gasteiger charge is 2.45. The lowest BCUT2D eigenvalue weighted by molar-refractivity contribution is 0.213. The highest BCUT2D eigenvalue weighted by Crippen LogP contribution is 2.46. The summed E-state index contributed by atoms with van der Waals surface area (Å²) in [5.74, 6) is 0.981. The molecule has 180 valence electrons. The van der Waals surface area contributed by atoms with Crippen molar-refractivity contribution in [2.24, 2.45) is 11.8 Å². The molecule has 2 atom stereocenters. The van der Waals surface area contributed by atoms with Gasteiger partial charge in [0.25, 0.3) is 0 Å². The van der Waals surface area contributed by atoms with Crippen LogP contribution in [0.2, 0.25) is 0 Å². The summed E-state index contributed by atoms with van der Waals surface area (Å²) in [7, 11) is 0. The van der Waals surface area contributed by atoms with Crippen molar-refractivity contribution in [2.75, 3.05) is 24.5 Å². The standard InChI is InChI=1S/C26H32FN5S2/c1-16(2)17(3)5-9-31-14-19-11-18(12-20(27)23(19)30-31)24-29-25-21(33-24)13-22(34-25)32-10-7-26(32)6-4-8-28-15-26/h11-14,16-17,28H,4-10,15H2,1-3H3. The van der Waals surface area contributed by atoms with E-state index < -0.39 is 0 Å². The number of piperidine rings is 1. The van der Waals surface area contributed by atoms with Gasteiger partial charge in [0.2, 0.25) is 0 Å². The first-order valence-electron chi connectivity index (χ1n) is 12.5. The second-order valence-electron chi connectivity index (χ2n) is 10.5. The van der Waals surface area contributed by atoms with Crippen LogP contribution in [0.1, 0.15) is 46.5 Å². The zero-order valence-corrected chi connectivity index (χ0v) is 21.7. The van der Waals surface area contributed by atoms with Gasteiger partial charge in [-0.3, -0.25) is 4.68 Å². The smallest absolute Gasteiger partial charge is 0.152 e. The molecule has 2 aliphatic heterocycles. The molecule has 34 heavy (non-hydrogen) atoms. The topological polar surface area (TPSA) is 46.0 Å². The molecule has 5 nitrogen and oxygen atoms in total.